The average Bonchev–Trinajstić information content (AvgIpc) is 3.06. The molecular formula is C17H11N5OS. The molecule has 4 aromatic heterocycles. The highest BCUT2D eigenvalue weighted by molar-refractivity contribution is 7.21. The normalized spacial score (nSPS) is 10.8. The van der Waals surface area contributed by atoms with Gasteiger partial charge in [0, 0.05) is 24.8 Å². The van der Waals surface area contributed by atoms with Crippen LogP contribution in [0.1, 0.15) is 10.4 Å². The minimum atomic E-state index is -0.544. The summed E-state index contributed by atoms with van der Waals surface area (Å²) < 4.78 is 0.930. The van der Waals surface area contributed by atoms with Crippen molar-refractivity contribution >= 4 is 27.6 Å². The number of amides is 1. The van der Waals surface area contributed by atoms with Gasteiger partial charge >= 0.3 is 0 Å². The van der Waals surface area contributed by atoms with Crippen molar-refractivity contribution in [2.75, 3.05) is 0 Å². The highest BCUT2D eigenvalue weighted by atomic mass is 32.1. The van der Waals surface area contributed by atoms with Gasteiger partial charge in [-0.05, 0) is 41.5 Å². The lowest BCUT2D eigenvalue weighted by Gasteiger charge is -2.09. The van der Waals surface area contributed by atoms with Crippen LogP contribution in [0.15, 0.2) is 55.1 Å². The van der Waals surface area contributed by atoms with E-state index in [9.17, 15) is 4.79 Å². The molecule has 0 radical (unpaired) electrons. The Bertz CT molecular complexity index is 1010. The maximum Gasteiger partial charge on any atom is 0.251 e. The van der Waals surface area contributed by atoms with E-state index in [0.29, 0.717) is 27.5 Å². The van der Waals surface area contributed by atoms with E-state index in [2.05, 4.69) is 19.9 Å². The van der Waals surface area contributed by atoms with Crippen molar-refractivity contribution in [2.45, 2.75) is 0 Å². The molecule has 116 valence electrons. The zero-order valence-corrected chi connectivity index (χ0v) is 13.2. The van der Waals surface area contributed by atoms with Crippen LogP contribution in [0, 0.1) is 0 Å². The minimum Gasteiger partial charge on any atom is -0.366 e. The number of hydrogen-bond acceptors (Lipinski definition) is 6. The Kier molecular flexibility index (Phi) is 3.47. The molecular weight excluding hydrogens is 322 g/mol. The molecule has 0 aromatic carbocycles. The van der Waals surface area contributed by atoms with Crippen LogP contribution in [0.2, 0.25) is 0 Å². The Hall–Kier alpha value is -3.19. The van der Waals surface area contributed by atoms with Crippen molar-refractivity contribution in [2.24, 2.45) is 5.73 Å². The molecule has 0 aliphatic heterocycles. The van der Waals surface area contributed by atoms with Gasteiger partial charge < -0.3 is 5.73 Å². The second kappa shape index (κ2) is 5.78. The summed E-state index contributed by atoms with van der Waals surface area (Å²) in [4.78, 5) is 29.2. The van der Waals surface area contributed by atoms with Gasteiger partial charge in [-0.3, -0.25) is 14.8 Å². The summed E-state index contributed by atoms with van der Waals surface area (Å²) in [5.74, 6) is -0.544. The predicted molar refractivity (Wildman–Crippen MR) is 92.4 cm³/mol. The number of nitrogens with zero attached hydrogens (tertiary/aromatic N) is 4. The van der Waals surface area contributed by atoms with E-state index in [4.69, 9.17) is 5.73 Å². The van der Waals surface area contributed by atoms with E-state index in [1.54, 1.807) is 30.9 Å². The zero-order chi connectivity index (χ0) is 16.5. The molecule has 0 bridgehead atoms. The molecule has 4 heterocycles. The third-order valence-corrected chi connectivity index (χ3v) is 4.57. The first-order valence-corrected chi connectivity index (χ1v) is 7.97. The molecule has 0 spiro atoms. The Balaban J connectivity index is 1.97. The van der Waals surface area contributed by atoms with Crippen molar-refractivity contribution < 1.29 is 4.79 Å². The van der Waals surface area contributed by atoms with Crippen molar-refractivity contribution in [1.29, 1.82) is 0 Å². The van der Waals surface area contributed by atoms with Crippen LogP contribution in [0.25, 0.3) is 32.2 Å². The van der Waals surface area contributed by atoms with E-state index < -0.39 is 5.91 Å². The van der Waals surface area contributed by atoms with Crippen molar-refractivity contribution in [3.05, 3.63) is 60.7 Å². The highest BCUT2D eigenvalue weighted by Gasteiger charge is 2.20. The molecule has 6 nitrogen and oxygen atoms in total. The molecule has 1 amide bonds. The molecule has 2 N–H and O–H groups in total. The number of fused-ring (bicyclic) bond motifs is 1. The van der Waals surface area contributed by atoms with Crippen molar-refractivity contribution in [3.63, 3.8) is 0 Å². The number of rotatable bonds is 3. The predicted octanol–water partition coefficient (Wildman–Crippen LogP) is 2.91. The van der Waals surface area contributed by atoms with Crippen LogP contribution in [0.3, 0.4) is 0 Å². The molecule has 0 aliphatic carbocycles. The molecule has 0 atom stereocenters. The Morgan fingerprint density at radius 1 is 1.00 bits per heavy atom. The molecule has 7 heteroatoms. The molecule has 4 rings (SSSR count). The van der Waals surface area contributed by atoms with Crippen LogP contribution >= 0.6 is 11.3 Å². The second-order valence-electron chi connectivity index (χ2n) is 5.03. The zero-order valence-electron chi connectivity index (χ0n) is 12.4. The first-order valence-electron chi connectivity index (χ1n) is 7.15. The van der Waals surface area contributed by atoms with Crippen LogP contribution < -0.4 is 5.73 Å². The van der Waals surface area contributed by atoms with Gasteiger partial charge in [0.15, 0.2) is 5.65 Å². The quantitative estimate of drug-likeness (QED) is 0.622. The van der Waals surface area contributed by atoms with Crippen molar-refractivity contribution in [1.82, 2.24) is 19.9 Å². The number of aromatic nitrogens is 4. The Labute approximate surface area is 141 Å². The molecule has 0 saturated heterocycles. The summed E-state index contributed by atoms with van der Waals surface area (Å²) >= 11 is 1.43. The van der Waals surface area contributed by atoms with Crippen LogP contribution in [-0.4, -0.2) is 25.8 Å². The van der Waals surface area contributed by atoms with Gasteiger partial charge in [-0.2, -0.15) is 0 Å². The maximum absolute atomic E-state index is 12.1. The number of nitrogens with two attached hydrogens (primary N) is 1. The van der Waals surface area contributed by atoms with E-state index in [0.717, 1.165) is 10.3 Å². The molecule has 0 aliphatic rings. The third kappa shape index (κ3) is 2.40. The van der Waals surface area contributed by atoms with Crippen molar-refractivity contribution in [3.8, 4) is 21.8 Å². The Morgan fingerprint density at radius 2 is 1.83 bits per heavy atom. The Morgan fingerprint density at radius 3 is 2.58 bits per heavy atom. The maximum atomic E-state index is 12.1. The minimum absolute atomic E-state index is 0.350. The number of primary amides is 1. The highest BCUT2D eigenvalue weighted by Crippen LogP contribution is 2.34. The van der Waals surface area contributed by atoms with Gasteiger partial charge in [-0.25, -0.2) is 9.97 Å². The summed E-state index contributed by atoms with van der Waals surface area (Å²) in [5, 5.41) is 0.619. The van der Waals surface area contributed by atoms with E-state index in [-0.39, 0.29) is 0 Å². The number of hydrogen-bond donors (Lipinski definition) is 1. The number of carbonyl (C=O) groups excluding carboxylic acids is 1. The second-order valence-corrected chi connectivity index (χ2v) is 6.06. The van der Waals surface area contributed by atoms with E-state index >= 15 is 0 Å². The lowest BCUT2D eigenvalue weighted by molar-refractivity contribution is 0.100. The number of thiazole rings is 1. The van der Waals surface area contributed by atoms with E-state index in [1.165, 1.54) is 11.3 Å². The standard InChI is InChI=1S/C17H11N5OS/c18-15(23)13-11(10-3-7-19-8-4-10)5-9-20-14(13)17-22-16-12(24-17)2-1-6-21-16/h1-9H,(H2,18,23). The van der Waals surface area contributed by atoms with Gasteiger partial charge in [0.1, 0.15) is 10.7 Å². The molecule has 0 unspecified atom stereocenters. The largest absolute Gasteiger partial charge is 0.366 e. The number of pyridine rings is 3. The molecule has 0 saturated carbocycles. The summed E-state index contributed by atoms with van der Waals surface area (Å²) in [6.07, 6.45) is 6.67. The SMILES string of the molecule is NC(=O)c1c(-c2ccncc2)ccnc1-c1nc2ncccc2s1. The fourth-order valence-electron chi connectivity index (χ4n) is 2.52. The summed E-state index contributed by atoms with van der Waals surface area (Å²) in [5.41, 5.74) is 8.66. The average molecular weight is 333 g/mol. The lowest BCUT2D eigenvalue weighted by atomic mass is 9.99. The fourth-order valence-corrected chi connectivity index (χ4v) is 3.44. The van der Waals surface area contributed by atoms with Crippen LogP contribution in [0.4, 0.5) is 0 Å². The van der Waals surface area contributed by atoms with Crippen LogP contribution in [0.5, 0.6) is 0 Å². The first kappa shape index (κ1) is 14.4. The van der Waals surface area contributed by atoms with Gasteiger partial charge in [-0.15, -0.1) is 11.3 Å². The van der Waals surface area contributed by atoms with Gasteiger partial charge in [-0.1, -0.05) is 0 Å². The summed E-state index contributed by atoms with van der Waals surface area (Å²) in [7, 11) is 0. The summed E-state index contributed by atoms with van der Waals surface area (Å²) in [6, 6.07) is 9.20. The van der Waals surface area contributed by atoms with Gasteiger partial charge in [0.2, 0.25) is 0 Å². The topological polar surface area (TPSA) is 94.7 Å². The molecule has 0 fully saturated rings. The lowest BCUT2D eigenvalue weighted by Crippen LogP contribution is -2.15. The molecule has 24 heavy (non-hydrogen) atoms. The first-order chi connectivity index (χ1) is 11.7. The van der Waals surface area contributed by atoms with E-state index in [1.807, 2.05) is 24.3 Å². The van der Waals surface area contributed by atoms with Crippen LogP contribution in [-0.2, 0) is 0 Å². The monoisotopic (exact) mass is 333 g/mol. The van der Waals surface area contributed by atoms with Gasteiger partial charge in [0.05, 0.1) is 10.3 Å². The smallest absolute Gasteiger partial charge is 0.251 e. The fraction of sp³-hybridized carbons (Fsp3) is 0. The van der Waals surface area contributed by atoms with Gasteiger partial charge in [0.25, 0.3) is 5.91 Å². The third-order valence-electron chi connectivity index (χ3n) is 3.56. The number of carbonyl (C=O) groups is 1. The molecule has 4 aromatic rings. The summed E-state index contributed by atoms with van der Waals surface area (Å²) in [6.45, 7) is 0.